The largest absolute Gasteiger partial charge is 0.364 e. The Hall–Kier alpha value is -2.18. The van der Waals surface area contributed by atoms with Gasteiger partial charge < -0.3 is 11.1 Å². The fraction of sp³-hybridized carbons (Fsp3) is 0.250. The highest BCUT2D eigenvalue weighted by Crippen LogP contribution is 2.26. The van der Waals surface area contributed by atoms with Crippen LogP contribution in [0.4, 0.5) is 11.5 Å². The maximum absolute atomic E-state index is 11.6. The summed E-state index contributed by atoms with van der Waals surface area (Å²) in [4.78, 5) is 31.1. The Morgan fingerprint density at radius 3 is 2.50 bits per heavy atom. The van der Waals surface area contributed by atoms with E-state index >= 15 is 0 Å². The minimum atomic E-state index is -0.712. The van der Waals surface area contributed by atoms with Crippen LogP contribution in [0.5, 0.6) is 0 Å². The molecule has 8 heteroatoms. The highest BCUT2D eigenvalue weighted by molar-refractivity contribution is 6.32. The van der Waals surface area contributed by atoms with Gasteiger partial charge in [-0.3, -0.25) is 9.59 Å². The number of carbonyl (C=O) groups is 2. The molecule has 0 aliphatic heterocycles. The van der Waals surface area contributed by atoms with Gasteiger partial charge in [0.2, 0.25) is 0 Å². The minimum absolute atomic E-state index is 0.000171. The molecule has 0 fully saturated rings. The molecular formula is C16H16Cl2N4O2. The molecule has 3 N–H and O–H groups in total. The third-order valence-corrected chi connectivity index (χ3v) is 3.90. The van der Waals surface area contributed by atoms with E-state index in [4.69, 9.17) is 28.9 Å². The fourth-order valence-corrected chi connectivity index (χ4v) is 2.61. The van der Waals surface area contributed by atoms with Crippen LogP contribution >= 0.6 is 23.2 Å². The van der Waals surface area contributed by atoms with Crippen molar-refractivity contribution in [3.8, 4) is 0 Å². The Kier molecular flexibility index (Phi) is 5.75. The maximum Gasteiger partial charge on any atom is 0.271 e. The molecule has 1 aromatic carbocycles. The Balaban J connectivity index is 2.37. The number of amides is 1. The van der Waals surface area contributed by atoms with Crippen molar-refractivity contribution in [2.45, 2.75) is 26.7 Å². The molecule has 0 saturated heterocycles. The topological polar surface area (TPSA) is 98.0 Å². The lowest BCUT2D eigenvalue weighted by Crippen LogP contribution is -2.18. The predicted molar refractivity (Wildman–Crippen MR) is 94.1 cm³/mol. The number of hydrogen-bond acceptors (Lipinski definition) is 5. The molecule has 0 spiro atoms. The van der Waals surface area contributed by atoms with Crippen LogP contribution in [0.3, 0.4) is 0 Å². The smallest absolute Gasteiger partial charge is 0.271 e. The van der Waals surface area contributed by atoms with Gasteiger partial charge in [-0.1, -0.05) is 36.2 Å². The minimum Gasteiger partial charge on any atom is -0.364 e. The van der Waals surface area contributed by atoms with Crippen LogP contribution in [-0.4, -0.2) is 21.7 Å². The third-order valence-electron chi connectivity index (χ3n) is 3.24. The zero-order valence-corrected chi connectivity index (χ0v) is 14.7. The van der Waals surface area contributed by atoms with Crippen molar-refractivity contribution in [1.29, 1.82) is 0 Å². The first kappa shape index (κ1) is 18.2. The molecule has 1 amide bonds. The van der Waals surface area contributed by atoms with E-state index in [9.17, 15) is 9.59 Å². The van der Waals surface area contributed by atoms with Crippen LogP contribution in [0.15, 0.2) is 18.2 Å². The average molecular weight is 367 g/mol. The SMILES string of the molecule is CCc1nc(C(N)=O)c(Nc2ccc(CC(C)=O)c(Cl)c2)nc1Cl. The van der Waals surface area contributed by atoms with Gasteiger partial charge in [-0.25, -0.2) is 9.97 Å². The Labute approximate surface area is 149 Å². The molecule has 2 rings (SSSR count). The number of halogens is 2. The lowest BCUT2D eigenvalue weighted by atomic mass is 10.1. The van der Waals surface area contributed by atoms with Crippen molar-refractivity contribution < 1.29 is 9.59 Å². The second-order valence-corrected chi connectivity index (χ2v) is 5.95. The van der Waals surface area contributed by atoms with Gasteiger partial charge >= 0.3 is 0 Å². The molecule has 24 heavy (non-hydrogen) atoms. The Morgan fingerprint density at radius 1 is 1.25 bits per heavy atom. The molecule has 1 heterocycles. The quantitative estimate of drug-likeness (QED) is 0.816. The number of nitrogens with two attached hydrogens (primary N) is 1. The van der Waals surface area contributed by atoms with Gasteiger partial charge in [0.1, 0.15) is 5.78 Å². The second-order valence-electron chi connectivity index (χ2n) is 5.19. The number of Topliss-reactive ketones (excluding diaryl/α,β-unsaturated/α-hetero) is 1. The van der Waals surface area contributed by atoms with Gasteiger partial charge in [0, 0.05) is 17.1 Å². The van der Waals surface area contributed by atoms with Gasteiger partial charge in [-0.2, -0.15) is 0 Å². The highest BCUT2D eigenvalue weighted by atomic mass is 35.5. The molecule has 0 aliphatic carbocycles. The molecule has 0 unspecified atom stereocenters. The van der Waals surface area contributed by atoms with Crippen molar-refractivity contribution in [2.24, 2.45) is 5.73 Å². The third kappa shape index (κ3) is 4.21. The number of rotatable bonds is 6. The van der Waals surface area contributed by atoms with E-state index in [-0.39, 0.29) is 28.9 Å². The standard InChI is InChI=1S/C16H16Cl2N4O2/c1-3-12-14(18)22-16(13(21-12)15(19)24)20-10-5-4-9(6-8(2)23)11(17)7-10/h4-5,7H,3,6H2,1-2H3,(H2,19,24)(H,20,22). The molecule has 1 aromatic heterocycles. The number of ketones is 1. The van der Waals surface area contributed by atoms with Crippen molar-refractivity contribution in [3.63, 3.8) is 0 Å². The van der Waals surface area contributed by atoms with E-state index in [1.165, 1.54) is 6.92 Å². The summed E-state index contributed by atoms with van der Waals surface area (Å²) in [6, 6.07) is 5.08. The molecule has 2 aromatic rings. The summed E-state index contributed by atoms with van der Waals surface area (Å²) in [5.41, 5.74) is 7.15. The number of aryl methyl sites for hydroxylation is 1. The zero-order chi connectivity index (χ0) is 17.9. The van der Waals surface area contributed by atoms with Crippen LogP contribution in [0, 0.1) is 0 Å². The van der Waals surface area contributed by atoms with Crippen LogP contribution in [0.25, 0.3) is 0 Å². The fourth-order valence-electron chi connectivity index (χ4n) is 2.11. The number of hydrogen-bond donors (Lipinski definition) is 2. The maximum atomic E-state index is 11.6. The summed E-state index contributed by atoms with van der Waals surface area (Å²) in [6.45, 7) is 3.34. The normalized spacial score (nSPS) is 10.5. The van der Waals surface area contributed by atoms with Crippen LogP contribution in [-0.2, 0) is 17.6 Å². The molecule has 0 atom stereocenters. The molecule has 6 nitrogen and oxygen atoms in total. The van der Waals surface area contributed by atoms with Crippen LogP contribution < -0.4 is 11.1 Å². The summed E-state index contributed by atoms with van der Waals surface area (Å²) in [6.07, 6.45) is 0.778. The number of aromatic nitrogens is 2. The summed E-state index contributed by atoms with van der Waals surface area (Å²) < 4.78 is 0. The lowest BCUT2D eigenvalue weighted by Gasteiger charge is -2.12. The first-order chi connectivity index (χ1) is 11.3. The van der Waals surface area contributed by atoms with Gasteiger partial charge in [-0.05, 0) is 31.0 Å². The number of nitrogens with one attached hydrogen (secondary N) is 1. The van der Waals surface area contributed by atoms with E-state index in [2.05, 4.69) is 15.3 Å². The van der Waals surface area contributed by atoms with Crippen molar-refractivity contribution in [2.75, 3.05) is 5.32 Å². The molecule has 0 aliphatic rings. The summed E-state index contributed by atoms with van der Waals surface area (Å²) in [5.74, 6) is -0.544. The van der Waals surface area contributed by atoms with Gasteiger partial charge in [0.15, 0.2) is 16.7 Å². The molecule has 0 radical (unpaired) electrons. The summed E-state index contributed by atoms with van der Waals surface area (Å²) >= 11 is 12.2. The van der Waals surface area contributed by atoms with Crippen LogP contribution in [0.2, 0.25) is 10.2 Å². The predicted octanol–water partition coefficient (Wildman–Crippen LogP) is 3.32. The first-order valence-electron chi connectivity index (χ1n) is 7.23. The highest BCUT2D eigenvalue weighted by Gasteiger charge is 2.16. The zero-order valence-electron chi connectivity index (χ0n) is 13.2. The molecule has 126 valence electrons. The van der Waals surface area contributed by atoms with E-state index in [0.717, 1.165) is 5.56 Å². The van der Waals surface area contributed by atoms with Crippen molar-refractivity contribution in [1.82, 2.24) is 9.97 Å². The van der Waals surface area contributed by atoms with E-state index < -0.39 is 5.91 Å². The number of carbonyl (C=O) groups excluding carboxylic acids is 2. The van der Waals surface area contributed by atoms with E-state index in [1.54, 1.807) is 18.2 Å². The lowest BCUT2D eigenvalue weighted by molar-refractivity contribution is -0.116. The second kappa shape index (κ2) is 7.59. The van der Waals surface area contributed by atoms with Crippen molar-refractivity contribution in [3.05, 3.63) is 45.3 Å². The summed E-state index contributed by atoms with van der Waals surface area (Å²) in [5, 5.41) is 3.57. The van der Waals surface area contributed by atoms with E-state index in [0.29, 0.717) is 22.8 Å². The van der Waals surface area contributed by atoms with E-state index in [1.807, 2.05) is 6.92 Å². The molecule has 0 saturated carbocycles. The van der Waals surface area contributed by atoms with Crippen molar-refractivity contribution >= 4 is 46.4 Å². The Morgan fingerprint density at radius 2 is 1.96 bits per heavy atom. The Bertz CT molecular complexity index is 809. The number of nitrogens with zero attached hydrogens (tertiary/aromatic N) is 2. The average Bonchev–Trinajstić information content (AvgIpc) is 2.49. The number of anilines is 2. The first-order valence-corrected chi connectivity index (χ1v) is 7.98. The molecule has 0 bridgehead atoms. The van der Waals surface area contributed by atoms with Gasteiger partial charge in [0.25, 0.3) is 5.91 Å². The van der Waals surface area contributed by atoms with Gasteiger partial charge in [0.05, 0.1) is 5.69 Å². The number of primary amides is 1. The van der Waals surface area contributed by atoms with Gasteiger partial charge in [-0.15, -0.1) is 0 Å². The molecular weight excluding hydrogens is 351 g/mol. The monoisotopic (exact) mass is 366 g/mol. The van der Waals surface area contributed by atoms with Crippen LogP contribution in [0.1, 0.15) is 35.6 Å². The summed E-state index contributed by atoms with van der Waals surface area (Å²) in [7, 11) is 0. The number of benzene rings is 1.